The molecule has 3 saturated carbocycles. The van der Waals surface area contributed by atoms with Crippen LogP contribution < -0.4 is 0 Å². The van der Waals surface area contributed by atoms with E-state index < -0.39 is 0 Å². The van der Waals surface area contributed by atoms with Gasteiger partial charge in [0.25, 0.3) is 0 Å². The van der Waals surface area contributed by atoms with Crippen molar-refractivity contribution in [3.05, 3.63) is 11.6 Å². The second kappa shape index (κ2) is 7.78. The third kappa shape index (κ3) is 3.36. The van der Waals surface area contributed by atoms with Gasteiger partial charge in [-0.15, -0.1) is 0 Å². The van der Waals surface area contributed by atoms with Gasteiger partial charge in [-0.05, 0) is 106 Å². The Morgan fingerprint density at radius 3 is 2.82 bits per heavy atom. The molecular formula is C25H40O3. The van der Waals surface area contributed by atoms with Gasteiger partial charge in [-0.1, -0.05) is 25.5 Å². The van der Waals surface area contributed by atoms with E-state index in [-0.39, 0.29) is 12.1 Å². The number of esters is 1. The topological polar surface area (TPSA) is 46.5 Å². The maximum absolute atomic E-state index is 11.7. The molecule has 7 atom stereocenters. The number of carbonyl (C=O) groups is 1. The van der Waals surface area contributed by atoms with Gasteiger partial charge in [0.2, 0.25) is 0 Å². The second-order valence-corrected chi connectivity index (χ2v) is 10.7. The molecule has 0 heterocycles. The Bertz CT molecular complexity index is 625. The van der Waals surface area contributed by atoms with E-state index in [0.717, 1.165) is 37.0 Å². The molecule has 3 heteroatoms. The maximum atomic E-state index is 11.7. The van der Waals surface area contributed by atoms with Gasteiger partial charge in [0.1, 0.15) is 0 Å². The van der Waals surface area contributed by atoms with Gasteiger partial charge >= 0.3 is 5.97 Å². The Labute approximate surface area is 171 Å². The van der Waals surface area contributed by atoms with Gasteiger partial charge in [-0.2, -0.15) is 0 Å². The van der Waals surface area contributed by atoms with Gasteiger partial charge in [0, 0.05) is 6.42 Å². The monoisotopic (exact) mass is 388 g/mol. The fraction of sp³-hybridized carbons (Fsp3) is 0.880. The second-order valence-electron chi connectivity index (χ2n) is 10.7. The number of hydrogen-bond acceptors (Lipinski definition) is 3. The van der Waals surface area contributed by atoms with Crippen molar-refractivity contribution in [3.63, 3.8) is 0 Å². The van der Waals surface area contributed by atoms with Crippen LogP contribution in [0.25, 0.3) is 0 Å². The summed E-state index contributed by atoms with van der Waals surface area (Å²) in [5, 5.41) is 10.2. The van der Waals surface area contributed by atoms with Crippen LogP contribution in [-0.4, -0.2) is 23.8 Å². The first-order chi connectivity index (χ1) is 13.4. The smallest absolute Gasteiger partial charge is 0.305 e. The van der Waals surface area contributed by atoms with E-state index >= 15 is 0 Å². The zero-order chi connectivity index (χ0) is 19.9. The first-order valence-corrected chi connectivity index (χ1v) is 11.9. The van der Waals surface area contributed by atoms with Crippen LogP contribution in [0.15, 0.2) is 11.6 Å². The fourth-order valence-electron chi connectivity index (χ4n) is 7.81. The molecule has 4 rings (SSSR count). The van der Waals surface area contributed by atoms with Crippen molar-refractivity contribution in [2.24, 2.45) is 34.5 Å². The van der Waals surface area contributed by atoms with Crippen molar-refractivity contribution in [2.45, 2.75) is 97.5 Å². The van der Waals surface area contributed by atoms with Gasteiger partial charge in [-0.3, -0.25) is 4.79 Å². The lowest BCUT2D eigenvalue weighted by Gasteiger charge is -2.56. The molecule has 3 nitrogen and oxygen atoms in total. The molecule has 0 aromatic heterocycles. The van der Waals surface area contributed by atoms with Crippen molar-refractivity contribution >= 4 is 5.97 Å². The van der Waals surface area contributed by atoms with Crippen LogP contribution in [0.2, 0.25) is 0 Å². The number of ether oxygens (including phenoxy) is 1. The average Bonchev–Trinajstić information content (AvgIpc) is 2.99. The van der Waals surface area contributed by atoms with E-state index in [2.05, 4.69) is 19.9 Å². The predicted molar refractivity (Wildman–Crippen MR) is 112 cm³/mol. The van der Waals surface area contributed by atoms with Crippen LogP contribution in [0, 0.1) is 34.5 Å². The van der Waals surface area contributed by atoms with Gasteiger partial charge in [0.05, 0.1) is 12.7 Å². The Morgan fingerprint density at radius 1 is 1.21 bits per heavy atom. The summed E-state index contributed by atoms with van der Waals surface area (Å²) in [4.78, 5) is 11.7. The Hall–Kier alpha value is -0.830. The minimum atomic E-state index is -0.0701. The highest BCUT2D eigenvalue weighted by Crippen LogP contribution is 2.65. The summed E-state index contributed by atoms with van der Waals surface area (Å²) in [6.45, 7) is 7.44. The van der Waals surface area contributed by atoms with E-state index in [1.54, 1.807) is 5.57 Å². The molecule has 3 fully saturated rings. The minimum Gasteiger partial charge on any atom is -0.466 e. The highest BCUT2D eigenvalue weighted by Gasteiger charge is 2.56. The minimum absolute atomic E-state index is 0.0289. The summed E-state index contributed by atoms with van der Waals surface area (Å²) in [5.74, 6) is 3.00. The number of hydrogen-bond donors (Lipinski definition) is 1. The molecule has 4 aliphatic rings. The fourth-order valence-corrected chi connectivity index (χ4v) is 7.81. The van der Waals surface area contributed by atoms with Crippen molar-refractivity contribution < 1.29 is 14.6 Å². The summed E-state index contributed by atoms with van der Waals surface area (Å²) >= 11 is 0. The Morgan fingerprint density at radius 2 is 2.04 bits per heavy atom. The number of aliphatic hydroxyl groups is 1. The summed E-state index contributed by atoms with van der Waals surface area (Å²) in [5.41, 5.74) is 2.52. The molecule has 0 aromatic carbocycles. The molecule has 0 amide bonds. The van der Waals surface area contributed by atoms with Crippen LogP contribution in [-0.2, 0) is 9.53 Å². The molecule has 0 spiro atoms. The maximum Gasteiger partial charge on any atom is 0.305 e. The van der Waals surface area contributed by atoms with Crippen LogP contribution in [0.3, 0.4) is 0 Å². The average molecular weight is 389 g/mol. The standard InChI is InChI=1S/C25H40O3/c1-4-28-23(27)7-5-6-17-9-11-21-20-10-8-18-16-19(26)12-14-25(18,3)22(20)13-15-24(17,21)2/h13,17-21,26H,4-12,14-16H2,1-3H3. The van der Waals surface area contributed by atoms with E-state index in [1.165, 1.54) is 44.9 Å². The summed E-state index contributed by atoms with van der Waals surface area (Å²) in [6.07, 6.45) is 15.0. The Balaban J connectivity index is 1.46. The third-order valence-electron chi connectivity index (χ3n) is 9.43. The van der Waals surface area contributed by atoms with Crippen molar-refractivity contribution in [1.29, 1.82) is 0 Å². The first kappa shape index (κ1) is 20.4. The first-order valence-electron chi connectivity index (χ1n) is 11.9. The van der Waals surface area contributed by atoms with Crippen molar-refractivity contribution in [2.75, 3.05) is 6.61 Å². The number of aliphatic hydroxyl groups excluding tert-OH is 1. The van der Waals surface area contributed by atoms with E-state index in [9.17, 15) is 9.90 Å². The van der Waals surface area contributed by atoms with Crippen LogP contribution >= 0.6 is 0 Å². The number of allylic oxidation sites excluding steroid dienone is 2. The van der Waals surface area contributed by atoms with Gasteiger partial charge < -0.3 is 9.84 Å². The Kier molecular flexibility index (Phi) is 5.68. The molecule has 7 unspecified atom stereocenters. The molecule has 4 aliphatic carbocycles. The molecule has 0 saturated heterocycles. The van der Waals surface area contributed by atoms with E-state index in [1.807, 2.05) is 6.92 Å². The van der Waals surface area contributed by atoms with Crippen LogP contribution in [0.5, 0.6) is 0 Å². The molecule has 1 N–H and O–H groups in total. The van der Waals surface area contributed by atoms with Crippen LogP contribution in [0.1, 0.15) is 91.4 Å². The molecule has 0 bridgehead atoms. The lowest BCUT2D eigenvalue weighted by Crippen LogP contribution is -2.48. The molecule has 0 aromatic rings. The number of rotatable bonds is 5. The summed E-state index contributed by atoms with van der Waals surface area (Å²) in [6, 6.07) is 0. The van der Waals surface area contributed by atoms with E-state index in [0.29, 0.717) is 29.8 Å². The predicted octanol–water partition coefficient (Wildman–Crippen LogP) is 5.66. The molecule has 0 aliphatic heterocycles. The van der Waals surface area contributed by atoms with Crippen LogP contribution in [0.4, 0.5) is 0 Å². The number of fused-ring (bicyclic) bond motifs is 5. The van der Waals surface area contributed by atoms with Gasteiger partial charge in [-0.25, -0.2) is 0 Å². The summed E-state index contributed by atoms with van der Waals surface area (Å²) in [7, 11) is 0. The zero-order valence-corrected chi connectivity index (χ0v) is 18.2. The SMILES string of the molecule is CCOC(=O)CCCC1CCC2C3CCC4CC(O)CCC4(C)C3=CCC12C. The quantitative estimate of drug-likeness (QED) is 0.488. The number of carbonyl (C=O) groups excluding carboxylic acids is 1. The van der Waals surface area contributed by atoms with Crippen molar-refractivity contribution in [1.82, 2.24) is 0 Å². The largest absolute Gasteiger partial charge is 0.466 e. The summed E-state index contributed by atoms with van der Waals surface area (Å²) < 4.78 is 5.11. The molecule has 28 heavy (non-hydrogen) atoms. The molecule has 158 valence electrons. The molecular weight excluding hydrogens is 348 g/mol. The third-order valence-corrected chi connectivity index (χ3v) is 9.43. The normalized spacial score (nSPS) is 44.9. The zero-order valence-electron chi connectivity index (χ0n) is 18.2. The highest BCUT2D eigenvalue weighted by molar-refractivity contribution is 5.69. The lowest BCUT2D eigenvalue weighted by atomic mass is 9.48. The molecule has 0 radical (unpaired) electrons. The van der Waals surface area contributed by atoms with Gasteiger partial charge in [0.15, 0.2) is 0 Å². The lowest BCUT2D eigenvalue weighted by molar-refractivity contribution is -0.143. The highest BCUT2D eigenvalue weighted by atomic mass is 16.5. The van der Waals surface area contributed by atoms with Crippen molar-refractivity contribution in [3.8, 4) is 0 Å². The van der Waals surface area contributed by atoms with E-state index in [4.69, 9.17) is 4.74 Å².